The van der Waals surface area contributed by atoms with E-state index in [-0.39, 0.29) is 9.80 Å². The van der Waals surface area contributed by atoms with Crippen molar-refractivity contribution in [2.45, 2.75) is 24.7 Å². The molecule has 0 spiro atoms. The van der Waals surface area contributed by atoms with Gasteiger partial charge in [-0.05, 0) is 55.2 Å². The van der Waals surface area contributed by atoms with Gasteiger partial charge >= 0.3 is 0 Å². The average molecular weight is 496 g/mol. The minimum Gasteiger partial charge on any atom is -0.338 e. The molecule has 0 aromatic heterocycles. The summed E-state index contributed by atoms with van der Waals surface area (Å²) in [7, 11) is -3.95. The summed E-state index contributed by atoms with van der Waals surface area (Å²) in [5, 5.41) is 0.423. The maximum atomic E-state index is 13.3. The highest BCUT2D eigenvalue weighted by Gasteiger charge is 2.38. The standard InChI is InChI=1S/C21H20BrClN2O3S/c1-14-7-9-24(10-8-14)21(26)20-13-25(17-4-2-3-15(22)11-17)18-12-16(23)5-6-19(18)29(20,27)28/h2-6,11-14H,7-10H2,1H3. The summed E-state index contributed by atoms with van der Waals surface area (Å²) in [6.45, 7) is 3.28. The summed E-state index contributed by atoms with van der Waals surface area (Å²) in [6, 6.07) is 12.1. The van der Waals surface area contributed by atoms with Crippen LogP contribution in [0, 0.1) is 5.92 Å². The first-order valence-electron chi connectivity index (χ1n) is 9.38. The Bertz CT molecular complexity index is 1110. The van der Waals surface area contributed by atoms with E-state index in [0.717, 1.165) is 23.0 Å². The molecule has 5 nitrogen and oxygen atoms in total. The molecule has 152 valence electrons. The zero-order chi connectivity index (χ0) is 20.8. The van der Waals surface area contributed by atoms with Gasteiger partial charge in [0.1, 0.15) is 0 Å². The summed E-state index contributed by atoms with van der Waals surface area (Å²) in [5.41, 5.74) is 1.16. The van der Waals surface area contributed by atoms with E-state index >= 15 is 0 Å². The Morgan fingerprint density at radius 1 is 1.14 bits per heavy atom. The number of hydrogen-bond acceptors (Lipinski definition) is 4. The third-order valence-electron chi connectivity index (χ3n) is 5.37. The second-order valence-electron chi connectivity index (χ2n) is 7.43. The van der Waals surface area contributed by atoms with Gasteiger partial charge in [0.05, 0.1) is 10.6 Å². The van der Waals surface area contributed by atoms with Crippen LogP contribution in [0.25, 0.3) is 0 Å². The van der Waals surface area contributed by atoms with Gasteiger partial charge < -0.3 is 9.80 Å². The summed E-state index contributed by atoms with van der Waals surface area (Å²) in [4.78, 5) is 16.4. The highest BCUT2D eigenvalue weighted by molar-refractivity contribution is 9.10. The maximum Gasteiger partial charge on any atom is 0.267 e. The van der Waals surface area contributed by atoms with Gasteiger partial charge in [0.15, 0.2) is 4.91 Å². The number of nitrogens with zero attached hydrogens (tertiary/aromatic N) is 2. The minimum absolute atomic E-state index is 0.0816. The Kier molecular flexibility index (Phi) is 5.48. The Balaban J connectivity index is 1.84. The van der Waals surface area contributed by atoms with Gasteiger partial charge in [-0.15, -0.1) is 0 Å². The number of piperidine rings is 1. The van der Waals surface area contributed by atoms with Crippen LogP contribution in [-0.2, 0) is 14.6 Å². The van der Waals surface area contributed by atoms with E-state index < -0.39 is 15.7 Å². The molecule has 2 aliphatic heterocycles. The van der Waals surface area contributed by atoms with E-state index in [1.807, 2.05) is 24.3 Å². The van der Waals surface area contributed by atoms with Crippen LogP contribution < -0.4 is 4.90 Å². The van der Waals surface area contributed by atoms with E-state index in [0.29, 0.717) is 29.7 Å². The number of carbonyl (C=O) groups excluding carboxylic acids is 1. The van der Waals surface area contributed by atoms with Crippen LogP contribution >= 0.6 is 27.5 Å². The molecule has 0 bridgehead atoms. The first-order valence-corrected chi connectivity index (χ1v) is 12.0. The summed E-state index contributed by atoms with van der Waals surface area (Å²) in [5.74, 6) is 0.0922. The van der Waals surface area contributed by atoms with E-state index in [2.05, 4.69) is 22.9 Å². The van der Waals surface area contributed by atoms with Crippen molar-refractivity contribution in [1.82, 2.24) is 4.90 Å². The molecule has 0 N–H and O–H groups in total. The maximum absolute atomic E-state index is 13.3. The molecule has 29 heavy (non-hydrogen) atoms. The predicted molar refractivity (Wildman–Crippen MR) is 118 cm³/mol. The van der Waals surface area contributed by atoms with E-state index in [1.165, 1.54) is 18.3 Å². The number of likely N-dealkylation sites (tertiary alicyclic amines) is 1. The second-order valence-corrected chi connectivity index (χ2v) is 10.7. The van der Waals surface area contributed by atoms with Gasteiger partial charge in [-0.25, -0.2) is 8.42 Å². The van der Waals surface area contributed by atoms with E-state index in [9.17, 15) is 13.2 Å². The molecular weight excluding hydrogens is 476 g/mol. The highest BCUT2D eigenvalue weighted by atomic mass is 79.9. The number of halogens is 2. The lowest BCUT2D eigenvalue weighted by Crippen LogP contribution is -2.41. The lowest BCUT2D eigenvalue weighted by atomic mass is 9.99. The first kappa shape index (κ1) is 20.4. The Morgan fingerprint density at radius 2 is 1.86 bits per heavy atom. The first-order chi connectivity index (χ1) is 13.8. The minimum atomic E-state index is -3.95. The van der Waals surface area contributed by atoms with Crippen molar-refractivity contribution in [1.29, 1.82) is 0 Å². The van der Waals surface area contributed by atoms with Crippen LogP contribution in [0.3, 0.4) is 0 Å². The monoisotopic (exact) mass is 494 g/mol. The molecule has 0 unspecified atom stereocenters. The fraction of sp³-hybridized carbons (Fsp3) is 0.286. The normalized spacial score (nSPS) is 18.9. The number of carbonyl (C=O) groups is 1. The molecule has 2 aromatic carbocycles. The molecule has 8 heteroatoms. The van der Waals surface area contributed by atoms with Crippen LogP contribution in [0.1, 0.15) is 19.8 Å². The number of sulfone groups is 1. The number of rotatable bonds is 2. The van der Waals surface area contributed by atoms with Crippen LogP contribution in [0.15, 0.2) is 62.9 Å². The predicted octanol–water partition coefficient (Wildman–Crippen LogP) is 5.13. The molecule has 0 aliphatic carbocycles. The second kappa shape index (κ2) is 7.78. The number of fused-ring (bicyclic) bond motifs is 1. The molecule has 2 aromatic rings. The molecular formula is C21H20BrClN2O3S. The van der Waals surface area contributed by atoms with Crippen molar-refractivity contribution in [2.75, 3.05) is 18.0 Å². The molecule has 0 atom stereocenters. The van der Waals surface area contributed by atoms with Crippen molar-refractivity contribution in [3.63, 3.8) is 0 Å². The molecule has 1 fully saturated rings. The smallest absolute Gasteiger partial charge is 0.267 e. The van der Waals surface area contributed by atoms with Crippen LogP contribution in [0.4, 0.5) is 11.4 Å². The fourth-order valence-electron chi connectivity index (χ4n) is 3.66. The highest BCUT2D eigenvalue weighted by Crippen LogP contribution is 2.42. The van der Waals surface area contributed by atoms with E-state index in [1.54, 1.807) is 15.9 Å². The SMILES string of the molecule is CC1CCN(C(=O)C2=CN(c3cccc(Br)c3)c3cc(Cl)ccc3S2(=O)=O)CC1. The average Bonchev–Trinajstić information content (AvgIpc) is 2.68. The molecule has 4 rings (SSSR count). The third kappa shape index (κ3) is 3.83. The largest absolute Gasteiger partial charge is 0.338 e. The fourth-order valence-corrected chi connectivity index (χ4v) is 5.73. The number of amides is 1. The molecule has 1 saturated heterocycles. The lowest BCUT2D eigenvalue weighted by Gasteiger charge is -2.33. The van der Waals surface area contributed by atoms with Gasteiger partial charge in [0.2, 0.25) is 9.84 Å². The van der Waals surface area contributed by atoms with Gasteiger partial charge in [-0.2, -0.15) is 0 Å². The van der Waals surface area contributed by atoms with Crippen molar-refractivity contribution < 1.29 is 13.2 Å². The zero-order valence-electron chi connectivity index (χ0n) is 15.8. The lowest BCUT2D eigenvalue weighted by molar-refractivity contribution is -0.127. The van der Waals surface area contributed by atoms with Crippen molar-refractivity contribution >= 4 is 54.7 Å². The molecule has 0 radical (unpaired) electrons. The number of anilines is 2. The van der Waals surface area contributed by atoms with Crippen LogP contribution in [0.2, 0.25) is 5.02 Å². The summed E-state index contributed by atoms with van der Waals surface area (Å²) in [6.07, 6.45) is 3.18. The molecule has 2 heterocycles. The number of benzene rings is 2. The topological polar surface area (TPSA) is 57.7 Å². The van der Waals surface area contributed by atoms with Crippen LogP contribution in [0.5, 0.6) is 0 Å². The van der Waals surface area contributed by atoms with Gasteiger partial charge in [0.25, 0.3) is 5.91 Å². The van der Waals surface area contributed by atoms with Crippen molar-refractivity contribution in [2.24, 2.45) is 5.92 Å². The molecule has 2 aliphatic rings. The Hall–Kier alpha value is -1.83. The molecule has 1 amide bonds. The van der Waals surface area contributed by atoms with Crippen molar-refractivity contribution in [3.8, 4) is 0 Å². The van der Waals surface area contributed by atoms with Gasteiger partial charge in [-0.3, -0.25) is 4.79 Å². The Morgan fingerprint density at radius 3 is 2.55 bits per heavy atom. The Labute approximate surface area is 184 Å². The third-order valence-corrected chi connectivity index (χ3v) is 7.89. The zero-order valence-corrected chi connectivity index (χ0v) is 19.0. The van der Waals surface area contributed by atoms with Gasteiger partial charge in [0, 0.05) is 34.5 Å². The van der Waals surface area contributed by atoms with Crippen LogP contribution in [-0.4, -0.2) is 32.3 Å². The van der Waals surface area contributed by atoms with E-state index in [4.69, 9.17) is 11.6 Å². The summed E-state index contributed by atoms with van der Waals surface area (Å²) >= 11 is 9.61. The molecule has 0 saturated carbocycles. The van der Waals surface area contributed by atoms with Crippen molar-refractivity contribution in [3.05, 3.63) is 63.1 Å². The van der Waals surface area contributed by atoms with Gasteiger partial charge in [-0.1, -0.05) is 40.5 Å². The summed E-state index contributed by atoms with van der Waals surface area (Å²) < 4.78 is 27.5. The quantitative estimate of drug-likeness (QED) is 0.580. The number of hydrogen-bond donors (Lipinski definition) is 0.